The van der Waals surface area contributed by atoms with Crippen LogP contribution in [0, 0.1) is 12.7 Å². The van der Waals surface area contributed by atoms with Gasteiger partial charge in [-0.3, -0.25) is 9.59 Å². The second-order valence-corrected chi connectivity index (χ2v) is 7.57. The largest absolute Gasteiger partial charge is 0.507 e. The molecule has 1 saturated heterocycles. The molecule has 2 aromatic carbocycles. The molecule has 0 saturated carbocycles. The topological polar surface area (TPSA) is 75.4 Å². The molecule has 1 N–H and O–H groups in total. The molecule has 1 unspecified atom stereocenters. The Kier molecular flexibility index (Phi) is 5.66. The van der Waals surface area contributed by atoms with Crippen LogP contribution in [0.25, 0.3) is 5.76 Å². The van der Waals surface area contributed by atoms with Crippen molar-refractivity contribution in [2.24, 2.45) is 0 Å². The third-order valence-corrected chi connectivity index (χ3v) is 5.40. The summed E-state index contributed by atoms with van der Waals surface area (Å²) >= 11 is 0. The van der Waals surface area contributed by atoms with Crippen LogP contribution in [0.15, 0.2) is 72.8 Å². The van der Waals surface area contributed by atoms with E-state index in [1.54, 1.807) is 30.7 Å². The molecule has 0 bridgehead atoms. The van der Waals surface area contributed by atoms with Crippen LogP contribution >= 0.6 is 0 Å². The lowest BCUT2D eigenvalue weighted by Crippen LogP contribution is -2.31. The Bertz CT molecular complexity index is 1140. The first kappa shape index (κ1) is 20.5. The number of Topliss-reactive ketones (excluding diaryl/α,β-unsaturated/α-hetero) is 1. The summed E-state index contributed by atoms with van der Waals surface area (Å²) in [6.45, 7) is 2.79. The lowest BCUT2D eigenvalue weighted by Gasteiger charge is -2.25. The van der Waals surface area contributed by atoms with Crippen LogP contribution in [-0.4, -0.2) is 37.8 Å². The zero-order chi connectivity index (χ0) is 22.0. The number of aliphatic hydroxyl groups is 1. The van der Waals surface area contributed by atoms with Gasteiger partial charge in [0.2, 0.25) is 0 Å². The van der Waals surface area contributed by atoms with Gasteiger partial charge < -0.3 is 14.6 Å². The molecule has 0 aliphatic carbocycles. The molecule has 1 fully saturated rings. The number of aromatic nitrogens is 2. The van der Waals surface area contributed by atoms with Gasteiger partial charge in [-0.25, -0.2) is 9.37 Å². The van der Waals surface area contributed by atoms with Crippen molar-refractivity contribution in [2.75, 3.05) is 6.54 Å². The molecule has 6 nitrogen and oxygen atoms in total. The maximum atomic E-state index is 14.0. The van der Waals surface area contributed by atoms with Gasteiger partial charge in [0.15, 0.2) is 0 Å². The van der Waals surface area contributed by atoms with Gasteiger partial charge in [-0.1, -0.05) is 42.0 Å². The summed E-state index contributed by atoms with van der Waals surface area (Å²) in [7, 11) is 0. The Balaban J connectivity index is 1.73. The van der Waals surface area contributed by atoms with Gasteiger partial charge in [-0.15, -0.1) is 0 Å². The zero-order valence-electron chi connectivity index (χ0n) is 17.0. The van der Waals surface area contributed by atoms with E-state index >= 15 is 0 Å². The standard InChI is InChI=1S/C24H22FN3O3/c1-16-6-8-17(9-7-16)22(29)20-21(18-4-2-5-19(25)14-18)28(24(31)23(20)30)12-3-11-27-13-10-26-15-27/h2,4-10,13-15,21,29H,3,11-12H2,1H3/b22-20+. The second-order valence-electron chi connectivity index (χ2n) is 7.57. The van der Waals surface area contributed by atoms with E-state index in [0.717, 1.165) is 5.56 Å². The number of ketones is 1. The van der Waals surface area contributed by atoms with Crippen LogP contribution in [0.4, 0.5) is 4.39 Å². The first-order valence-electron chi connectivity index (χ1n) is 10.0. The highest BCUT2D eigenvalue weighted by atomic mass is 19.1. The highest BCUT2D eigenvalue weighted by Crippen LogP contribution is 2.39. The SMILES string of the molecule is Cc1ccc(/C(O)=C2\C(=O)C(=O)N(CCCn3ccnc3)C2c2cccc(F)c2)cc1. The predicted octanol–water partition coefficient (Wildman–Crippen LogP) is 3.84. The summed E-state index contributed by atoms with van der Waals surface area (Å²) in [4.78, 5) is 31.2. The van der Waals surface area contributed by atoms with Crippen LogP contribution in [0.5, 0.6) is 0 Å². The van der Waals surface area contributed by atoms with Crippen molar-refractivity contribution in [2.45, 2.75) is 25.9 Å². The van der Waals surface area contributed by atoms with Gasteiger partial charge in [0.1, 0.15) is 11.6 Å². The highest BCUT2D eigenvalue weighted by molar-refractivity contribution is 6.46. The van der Waals surface area contributed by atoms with Crippen LogP contribution in [0.2, 0.25) is 0 Å². The summed E-state index contributed by atoms with van der Waals surface area (Å²) in [5.74, 6) is -2.20. The van der Waals surface area contributed by atoms with E-state index in [9.17, 15) is 19.1 Å². The lowest BCUT2D eigenvalue weighted by atomic mass is 9.95. The van der Waals surface area contributed by atoms with E-state index in [4.69, 9.17) is 0 Å². The number of likely N-dealkylation sites (tertiary alicyclic amines) is 1. The minimum absolute atomic E-state index is 0.0258. The monoisotopic (exact) mass is 419 g/mol. The number of hydrogen-bond acceptors (Lipinski definition) is 4. The summed E-state index contributed by atoms with van der Waals surface area (Å²) in [5, 5.41) is 11.0. The number of benzene rings is 2. The van der Waals surface area contributed by atoms with Crippen molar-refractivity contribution in [1.82, 2.24) is 14.5 Å². The molecule has 7 heteroatoms. The summed E-state index contributed by atoms with van der Waals surface area (Å²) in [6, 6.07) is 11.9. The number of imidazole rings is 1. The van der Waals surface area contributed by atoms with Gasteiger partial charge in [0.05, 0.1) is 17.9 Å². The average Bonchev–Trinajstić information content (AvgIpc) is 3.36. The average molecular weight is 419 g/mol. The highest BCUT2D eigenvalue weighted by Gasteiger charge is 2.45. The number of amides is 1. The number of aryl methyl sites for hydroxylation is 2. The molecule has 4 rings (SSSR count). The van der Waals surface area contributed by atoms with Crippen LogP contribution in [0.1, 0.15) is 29.2 Å². The molecule has 1 aromatic heterocycles. The van der Waals surface area contributed by atoms with Crippen molar-refractivity contribution in [3.63, 3.8) is 0 Å². The maximum Gasteiger partial charge on any atom is 0.295 e. The molecular formula is C24H22FN3O3. The predicted molar refractivity (Wildman–Crippen MR) is 113 cm³/mol. The quantitative estimate of drug-likeness (QED) is 0.374. The molecule has 1 atom stereocenters. The Morgan fingerprint density at radius 1 is 1.13 bits per heavy atom. The molecule has 0 spiro atoms. The van der Waals surface area contributed by atoms with Gasteiger partial charge in [-0.2, -0.15) is 0 Å². The Morgan fingerprint density at radius 2 is 1.90 bits per heavy atom. The summed E-state index contributed by atoms with van der Waals surface area (Å²) in [6.07, 6.45) is 5.73. The first-order valence-corrected chi connectivity index (χ1v) is 10.0. The molecule has 1 aliphatic rings. The van der Waals surface area contributed by atoms with Crippen LogP contribution in [0.3, 0.4) is 0 Å². The number of carbonyl (C=O) groups excluding carboxylic acids is 2. The van der Waals surface area contributed by atoms with Gasteiger partial charge in [0.25, 0.3) is 11.7 Å². The number of halogens is 1. The summed E-state index contributed by atoms with van der Waals surface area (Å²) in [5.41, 5.74) is 1.85. The zero-order valence-corrected chi connectivity index (χ0v) is 17.0. The van der Waals surface area contributed by atoms with Crippen molar-refractivity contribution in [3.8, 4) is 0 Å². The lowest BCUT2D eigenvalue weighted by molar-refractivity contribution is -0.139. The van der Waals surface area contributed by atoms with E-state index in [2.05, 4.69) is 4.98 Å². The maximum absolute atomic E-state index is 14.0. The fraction of sp³-hybridized carbons (Fsp3) is 0.208. The third-order valence-electron chi connectivity index (χ3n) is 5.40. The van der Waals surface area contributed by atoms with Crippen molar-refractivity contribution in [1.29, 1.82) is 0 Å². The normalized spacial score (nSPS) is 18.0. The Hall–Kier alpha value is -3.74. The third kappa shape index (κ3) is 4.12. The minimum atomic E-state index is -0.861. The van der Waals surface area contributed by atoms with Crippen molar-refractivity contribution < 1.29 is 19.1 Å². The van der Waals surface area contributed by atoms with Crippen LogP contribution in [-0.2, 0) is 16.1 Å². The fourth-order valence-corrected chi connectivity index (χ4v) is 3.84. The Morgan fingerprint density at radius 3 is 2.58 bits per heavy atom. The fourth-order valence-electron chi connectivity index (χ4n) is 3.84. The van der Waals surface area contributed by atoms with E-state index in [1.807, 2.05) is 29.8 Å². The number of nitrogens with zero attached hydrogens (tertiary/aromatic N) is 3. The van der Waals surface area contributed by atoms with Gasteiger partial charge in [0, 0.05) is 31.0 Å². The minimum Gasteiger partial charge on any atom is -0.507 e. The molecule has 1 aliphatic heterocycles. The van der Waals surface area contributed by atoms with E-state index in [0.29, 0.717) is 24.1 Å². The Labute approximate surface area is 179 Å². The summed E-state index contributed by atoms with van der Waals surface area (Å²) < 4.78 is 15.9. The molecule has 3 aromatic rings. The van der Waals surface area contributed by atoms with E-state index in [-0.39, 0.29) is 17.9 Å². The van der Waals surface area contributed by atoms with Gasteiger partial charge in [-0.05, 0) is 31.0 Å². The smallest absolute Gasteiger partial charge is 0.295 e. The number of aliphatic hydroxyl groups excluding tert-OH is 1. The molecule has 158 valence electrons. The molecular weight excluding hydrogens is 397 g/mol. The number of rotatable bonds is 6. The second kappa shape index (κ2) is 8.55. The van der Waals surface area contributed by atoms with E-state index < -0.39 is 23.5 Å². The van der Waals surface area contributed by atoms with Crippen molar-refractivity contribution in [3.05, 3.63) is 95.3 Å². The van der Waals surface area contributed by atoms with E-state index in [1.165, 1.54) is 23.1 Å². The number of hydrogen-bond donors (Lipinski definition) is 1. The van der Waals surface area contributed by atoms with Crippen LogP contribution < -0.4 is 0 Å². The number of carbonyl (C=O) groups is 2. The molecule has 31 heavy (non-hydrogen) atoms. The molecule has 2 heterocycles. The van der Waals surface area contributed by atoms with Gasteiger partial charge >= 0.3 is 0 Å². The first-order chi connectivity index (χ1) is 15.0. The molecule has 0 radical (unpaired) electrons. The molecule has 1 amide bonds. The van der Waals surface area contributed by atoms with Crippen molar-refractivity contribution >= 4 is 17.4 Å².